The number of anilines is 1. The first-order chi connectivity index (χ1) is 10.7. The lowest BCUT2D eigenvalue weighted by Gasteiger charge is -2.16. The lowest BCUT2D eigenvalue weighted by atomic mass is 10.2. The highest BCUT2D eigenvalue weighted by Crippen LogP contribution is 2.24. The van der Waals surface area contributed by atoms with Crippen molar-refractivity contribution in [2.24, 2.45) is 0 Å². The molecule has 2 aromatic rings. The fraction of sp³-hybridized carbons (Fsp3) is 0.176. The molecule has 22 heavy (non-hydrogen) atoms. The van der Waals surface area contributed by atoms with E-state index in [2.05, 4.69) is 5.32 Å². The first kappa shape index (κ1) is 15.4. The largest absolute Gasteiger partial charge is 0.495 e. The maximum Gasteiger partial charge on any atom is 0.265 e. The molecule has 2 rings (SSSR count). The lowest BCUT2D eigenvalue weighted by Crippen LogP contribution is -2.30. The summed E-state index contributed by atoms with van der Waals surface area (Å²) in [4.78, 5) is 12.2. The van der Waals surface area contributed by atoms with Gasteiger partial charge >= 0.3 is 0 Å². The van der Waals surface area contributed by atoms with Gasteiger partial charge in [0, 0.05) is 0 Å². The van der Waals surface area contributed by atoms with Crippen LogP contribution in [0.3, 0.4) is 0 Å². The monoisotopic (exact) mass is 296 g/mol. The Morgan fingerprint density at radius 3 is 2.45 bits per heavy atom. The fourth-order valence-corrected chi connectivity index (χ4v) is 1.89. The van der Waals surface area contributed by atoms with Crippen LogP contribution in [0.25, 0.3) is 0 Å². The predicted octanol–water partition coefficient (Wildman–Crippen LogP) is 2.97. The van der Waals surface area contributed by atoms with E-state index in [0.29, 0.717) is 22.7 Å². The van der Waals surface area contributed by atoms with Crippen molar-refractivity contribution in [3.8, 4) is 17.6 Å². The second-order valence-corrected chi connectivity index (χ2v) is 4.56. The summed E-state index contributed by atoms with van der Waals surface area (Å²) in [6, 6.07) is 15.9. The molecular formula is C17H16N2O3. The quantitative estimate of drug-likeness (QED) is 0.920. The summed E-state index contributed by atoms with van der Waals surface area (Å²) >= 11 is 0. The van der Waals surface area contributed by atoms with Gasteiger partial charge in [-0.25, -0.2) is 0 Å². The van der Waals surface area contributed by atoms with E-state index in [1.165, 1.54) is 7.11 Å². The van der Waals surface area contributed by atoms with Crippen molar-refractivity contribution in [3.63, 3.8) is 0 Å². The normalized spacial score (nSPS) is 11.1. The Hall–Kier alpha value is -3.00. The molecule has 0 aliphatic rings. The predicted molar refractivity (Wildman–Crippen MR) is 82.9 cm³/mol. The Bertz CT molecular complexity index is 707. The minimum atomic E-state index is -0.751. The summed E-state index contributed by atoms with van der Waals surface area (Å²) in [5.74, 6) is 0.630. The molecule has 0 saturated heterocycles. The third-order valence-electron chi connectivity index (χ3n) is 3.05. The zero-order chi connectivity index (χ0) is 15.9. The number of carbonyl (C=O) groups excluding carboxylic acids is 1. The highest BCUT2D eigenvalue weighted by Gasteiger charge is 2.17. The fourth-order valence-electron chi connectivity index (χ4n) is 1.89. The number of methoxy groups -OCH3 is 1. The van der Waals surface area contributed by atoms with Crippen molar-refractivity contribution in [1.82, 2.24) is 0 Å². The van der Waals surface area contributed by atoms with Crippen molar-refractivity contribution < 1.29 is 14.3 Å². The molecule has 1 amide bonds. The zero-order valence-electron chi connectivity index (χ0n) is 12.4. The Morgan fingerprint density at radius 1 is 1.14 bits per heavy atom. The minimum absolute atomic E-state index is 0.322. The molecule has 1 atom stereocenters. The number of ether oxygens (including phenoxy) is 2. The smallest absolute Gasteiger partial charge is 0.265 e. The van der Waals surface area contributed by atoms with E-state index in [-0.39, 0.29) is 5.91 Å². The van der Waals surface area contributed by atoms with Gasteiger partial charge < -0.3 is 14.8 Å². The molecule has 5 nitrogen and oxygen atoms in total. The first-order valence-electron chi connectivity index (χ1n) is 6.75. The van der Waals surface area contributed by atoms with Gasteiger partial charge in [0.1, 0.15) is 17.6 Å². The Balaban J connectivity index is 2.08. The average Bonchev–Trinajstić information content (AvgIpc) is 2.55. The van der Waals surface area contributed by atoms with Gasteiger partial charge in [-0.2, -0.15) is 5.26 Å². The number of carbonyl (C=O) groups is 1. The molecule has 0 aromatic heterocycles. The van der Waals surface area contributed by atoms with E-state index in [1.807, 2.05) is 12.1 Å². The van der Waals surface area contributed by atoms with E-state index in [4.69, 9.17) is 14.7 Å². The second-order valence-electron chi connectivity index (χ2n) is 4.56. The van der Waals surface area contributed by atoms with Gasteiger partial charge in [0.15, 0.2) is 6.10 Å². The number of hydrogen-bond acceptors (Lipinski definition) is 4. The highest BCUT2D eigenvalue weighted by molar-refractivity contribution is 5.95. The summed E-state index contributed by atoms with van der Waals surface area (Å²) in [5.41, 5.74) is 0.957. The van der Waals surface area contributed by atoms with Gasteiger partial charge in [-0.1, -0.05) is 24.3 Å². The second kappa shape index (κ2) is 7.14. The minimum Gasteiger partial charge on any atom is -0.495 e. The van der Waals surface area contributed by atoms with Gasteiger partial charge in [-0.3, -0.25) is 4.79 Å². The van der Waals surface area contributed by atoms with Crippen LogP contribution in [0.4, 0.5) is 5.69 Å². The van der Waals surface area contributed by atoms with Crippen LogP contribution in [0.5, 0.6) is 11.5 Å². The van der Waals surface area contributed by atoms with Gasteiger partial charge in [0.25, 0.3) is 5.91 Å². The van der Waals surface area contributed by atoms with Gasteiger partial charge in [0.2, 0.25) is 0 Å². The van der Waals surface area contributed by atoms with Crippen LogP contribution >= 0.6 is 0 Å². The van der Waals surface area contributed by atoms with E-state index < -0.39 is 6.10 Å². The van der Waals surface area contributed by atoms with Gasteiger partial charge in [-0.05, 0) is 31.2 Å². The highest BCUT2D eigenvalue weighted by atomic mass is 16.5. The first-order valence-corrected chi connectivity index (χ1v) is 6.75. The van der Waals surface area contributed by atoms with Crippen LogP contribution < -0.4 is 14.8 Å². The standard InChI is InChI=1S/C17H16N2O3/c1-12(22-15-9-5-3-7-13(15)11-18)17(20)19-14-8-4-6-10-16(14)21-2/h3-10,12H,1-2H3,(H,19,20). The molecule has 0 fully saturated rings. The number of hydrogen-bond donors (Lipinski definition) is 1. The third-order valence-corrected chi connectivity index (χ3v) is 3.05. The summed E-state index contributed by atoms with van der Waals surface area (Å²) < 4.78 is 10.8. The van der Waals surface area contributed by atoms with Crippen molar-refractivity contribution in [3.05, 3.63) is 54.1 Å². The molecular weight excluding hydrogens is 280 g/mol. The number of para-hydroxylation sites is 3. The van der Waals surface area contributed by atoms with Crippen molar-refractivity contribution in [1.29, 1.82) is 5.26 Å². The van der Waals surface area contributed by atoms with E-state index >= 15 is 0 Å². The Morgan fingerprint density at radius 2 is 1.77 bits per heavy atom. The lowest BCUT2D eigenvalue weighted by molar-refractivity contribution is -0.122. The summed E-state index contributed by atoms with van der Waals surface area (Å²) in [5, 5.41) is 11.8. The number of nitriles is 1. The molecule has 112 valence electrons. The SMILES string of the molecule is COc1ccccc1NC(=O)C(C)Oc1ccccc1C#N. The van der Waals surface area contributed by atoms with Crippen molar-refractivity contribution in [2.45, 2.75) is 13.0 Å². The van der Waals surface area contributed by atoms with Crippen molar-refractivity contribution in [2.75, 3.05) is 12.4 Å². The number of amides is 1. The van der Waals surface area contributed by atoms with E-state index in [9.17, 15) is 4.79 Å². The van der Waals surface area contributed by atoms with Gasteiger partial charge in [0.05, 0.1) is 18.4 Å². The Kier molecular flexibility index (Phi) is 4.99. The number of nitrogens with zero attached hydrogens (tertiary/aromatic N) is 1. The van der Waals surface area contributed by atoms with Crippen molar-refractivity contribution >= 4 is 11.6 Å². The molecule has 0 aliphatic carbocycles. The zero-order valence-corrected chi connectivity index (χ0v) is 12.4. The molecule has 1 N–H and O–H groups in total. The molecule has 0 bridgehead atoms. The number of rotatable bonds is 5. The molecule has 0 aliphatic heterocycles. The molecule has 5 heteroatoms. The van der Waals surface area contributed by atoms with Gasteiger partial charge in [-0.15, -0.1) is 0 Å². The third kappa shape index (κ3) is 3.55. The maximum absolute atomic E-state index is 12.2. The number of nitrogens with one attached hydrogen (secondary N) is 1. The molecule has 1 unspecified atom stereocenters. The average molecular weight is 296 g/mol. The van der Waals surface area contributed by atoms with Crippen LogP contribution in [0.2, 0.25) is 0 Å². The van der Waals surface area contributed by atoms with Crippen LogP contribution in [-0.2, 0) is 4.79 Å². The topological polar surface area (TPSA) is 71.3 Å². The molecule has 2 aromatic carbocycles. The summed E-state index contributed by atoms with van der Waals surface area (Å²) in [7, 11) is 1.54. The summed E-state index contributed by atoms with van der Waals surface area (Å²) in [6.07, 6.45) is -0.751. The maximum atomic E-state index is 12.2. The van der Waals surface area contributed by atoms with Crippen LogP contribution in [-0.4, -0.2) is 19.1 Å². The van der Waals surface area contributed by atoms with Crippen LogP contribution in [0.1, 0.15) is 12.5 Å². The van der Waals surface area contributed by atoms with E-state index in [0.717, 1.165) is 0 Å². The molecule has 0 heterocycles. The molecule has 0 radical (unpaired) electrons. The number of benzene rings is 2. The van der Waals surface area contributed by atoms with E-state index in [1.54, 1.807) is 49.4 Å². The molecule has 0 saturated carbocycles. The van der Waals surface area contributed by atoms with Crippen LogP contribution in [0, 0.1) is 11.3 Å². The Labute approximate surface area is 129 Å². The van der Waals surface area contributed by atoms with Crippen LogP contribution in [0.15, 0.2) is 48.5 Å². The summed E-state index contributed by atoms with van der Waals surface area (Å²) in [6.45, 7) is 1.62. The molecule has 0 spiro atoms.